The minimum Gasteiger partial charge on any atom is -0.340 e. The van der Waals surface area contributed by atoms with E-state index < -0.39 is 0 Å². The van der Waals surface area contributed by atoms with Gasteiger partial charge in [0.15, 0.2) is 0 Å². The molecule has 0 aliphatic carbocycles. The predicted octanol–water partition coefficient (Wildman–Crippen LogP) is 4.23. The fourth-order valence-electron chi connectivity index (χ4n) is 2.77. The van der Waals surface area contributed by atoms with Crippen molar-refractivity contribution in [3.63, 3.8) is 0 Å². The van der Waals surface area contributed by atoms with Gasteiger partial charge < -0.3 is 5.32 Å². The molecule has 2 aromatic carbocycles. The number of halogens is 1. The second kappa shape index (κ2) is 6.65. The lowest BCUT2D eigenvalue weighted by atomic mass is 10.2. The molecule has 0 radical (unpaired) electrons. The Hall–Kier alpha value is -3.72. The van der Waals surface area contributed by atoms with Gasteiger partial charge >= 0.3 is 0 Å². The molecule has 4 aromatic rings. The molecule has 5 nitrogen and oxygen atoms in total. The molecule has 0 unspecified atom stereocenters. The normalized spacial score (nSPS) is 10.6. The van der Waals surface area contributed by atoms with Crippen molar-refractivity contribution in [2.24, 2.45) is 0 Å². The lowest BCUT2D eigenvalue weighted by Gasteiger charge is -2.08. The summed E-state index contributed by atoms with van der Waals surface area (Å²) in [5.41, 5.74) is 2.77. The molecule has 0 saturated heterocycles. The maximum atomic E-state index is 13.9. The van der Waals surface area contributed by atoms with Gasteiger partial charge in [-0.3, -0.25) is 4.68 Å². The molecule has 0 fully saturated rings. The fourth-order valence-corrected chi connectivity index (χ4v) is 2.77. The van der Waals surface area contributed by atoms with E-state index in [1.165, 1.54) is 6.07 Å². The van der Waals surface area contributed by atoms with Gasteiger partial charge in [-0.2, -0.15) is 10.4 Å². The second-order valence-corrected chi connectivity index (χ2v) is 5.84. The van der Waals surface area contributed by atoms with Gasteiger partial charge in [-0.25, -0.2) is 9.37 Å². The topological polar surface area (TPSA) is 66.5 Å². The van der Waals surface area contributed by atoms with Crippen LogP contribution in [0.1, 0.15) is 11.1 Å². The van der Waals surface area contributed by atoms with Crippen LogP contribution in [0.2, 0.25) is 0 Å². The molecular weight excluding hydrogens is 329 g/mol. The van der Waals surface area contributed by atoms with Gasteiger partial charge in [0.05, 0.1) is 29.9 Å². The maximum Gasteiger partial charge on any atom is 0.132 e. The van der Waals surface area contributed by atoms with Gasteiger partial charge in [0.1, 0.15) is 11.6 Å². The Kier molecular flexibility index (Phi) is 4.04. The number of benzene rings is 2. The van der Waals surface area contributed by atoms with E-state index in [1.807, 2.05) is 18.2 Å². The maximum absolute atomic E-state index is 13.9. The van der Waals surface area contributed by atoms with Gasteiger partial charge in [0.2, 0.25) is 0 Å². The number of aromatic nitrogens is 3. The van der Waals surface area contributed by atoms with E-state index in [2.05, 4.69) is 21.5 Å². The Labute approximate surface area is 149 Å². The number of hydrogen-bond acceptors (Lipinski definition) is 4. The molecule has 2 heterocycles. The summed E-state index contributed by atoms with van der Waals surface area (Å²) in [7, 11) is 0. The third-order valence-electron chi connectivity index (χ3n) is 4.07. The molecule has 0 amide bonds. The van der Waals surface area contributed by atoms with Gasteiger partial charge in [-0.15, -0.1) is 0 Å². The van der Waals surface area contributed by atoms with Crippen molar-refractivity contribution < 1.29 is 4.39 Å². The van der Waals surface area contributed by atoms with E-state index in [1.54, 1.807) is 47.4 Å². The highest BCUT2D eigenvalue weighted by atomic mass is 19.1. The summed E-state index contributed by atoms with van der Waals surface area (Å²) in [6, 6.07) is 17.8. The molecule has 0 bridgehead atoms. The Balaban J connectivity index is 1.66. The zero-order chi connectivity index (χ0) is 17.9. The number of nitrogens with zero attached hydrogens (tertiary/aromatic N) is 4. The summed E-state index contributed by atoms with van der Waals surface area (Å²) in [5, 5.41) is 17.4. The highest BCUT2D eigenvalue weighted by Crippen LogP contribution is 2.21. The molecule has 0 aliphatic rings. The van der Waals surface area contributed by atoms with Crippen LogP contribution in [0.5, 0.6) is 0 Å². The first-order valence-corrected chi connectivity index (χ1v) is 8.05. The van der Waals surface area contributed by atoms with Crippen LogP contribution in [-0.4, -0.2) is 14.8 Å². The highest BCUT2D eigenvalue weighted by molar-refractivity contribution is 5.81. The summed E-state index contributed by atoms with van der Waals surface area (Å²) >= 11 is 0. The van der Waals surface area contributed by atoms with Crippen molar-refractivity contribution in [3.05, 3.63) is 83.9 Å². The third-order valence-corrected chi connectivity index (χ3v) is 4.07. The first kappa shape index (κ1) is 15.8. The number of nitrogens with one attached hydrogen (secondary N) is 1. The molecule has 0 atom stereocenters. The van der Waals surface area contributed by atoms with E-state index >= 15 is 0 Å². The second-order valence-electron chi connectivity index (χ2n) is 5.84. The van der Waals surface area contributed by atoms with Gasteiger partial charge in [-0.1, -0.05) is 24.3 Å². The average Bonchev–Trinajstić information content (AvgIpc) is 3.06. The molecule has 1 N–H and O–H groups in total. The summed E-state index contributed by atoms with van der Waals surface area (Å²) in [6.07, 6.45) is 3.43. The summed E-state index contributed by atoms with van der Waals surface area (Å²) < 4.78 is 15.7. The monoisotopic (exact) mass is 343 g/mol. The zero-order valence-electron chi connectivity index (χ0n) is 13.7. The standard InChI is InChI=1S/C20H14FN5/c21-18-7-2-1-5-15(18)13-26-19-9-20(23-11-16(19)12-24-26)25-17-6-3-4-14(8-17)10-22/h1-9,11-12H,13H2,(H,23,25). The number of fused-ring (bicyclic) bond motifs is 1. The largest absolute Gasteiger partial charge is 0.340 e. The van der Waals surface area contributed by atoms with E-state index in [-0.39, 0.29) is 5.82 Å². The van der Waals surface area contributed by atoms with E-state index in [9.17, 15) is 4.39 Å². The Bertz CT molecular complexity index is 1130. The number of nitriles is 1. The minimum atomic E-state index is -0.253. The van der Waals surface area contributed by atoms with Crippen LogP contribution in [-0.2, 0) is 6.54 Å². The van der Waals surface area contributed by atoms with Crippen LogP contribution >= 0.6 is 0 Å². The van der Waals surface area contributed by atoms with Crippen molar-refractivity contribution >= 4 is 22.4 Å². The fraction of sp³-hybridized carbons (Fsp3) is 0.0500. The van der Waals surface area contributed by atoms with Crippen LogP contribution in [0.15, 0.2) is 67.0 Å². The van der Waals surface area contributed by atoms with Crippen LogP contribution in [0.25, 0.3) is 10.9 Å². The Morgan fingerprint density at radius 1 is 1.08 bits per heavy atom. The average molecular weight is 343 g/mol. The van der Waals surface area contributed by atoms with Crippen molar-refractivity contribution in [1.29, 1.82) is 5.26 Å². The van der Waals surface area contributed by atoms with E-state index in [0.717, 1.165) is 16.6 Å². The van der Waals surface area contributed by atoms with Gasteiger partial charge in [0, 0.05) is 28.9 Å². The first-order valence-electron chi connectivity index (χ1n) is 8.05. The minimum absolute atomic E-state index is 0.253. The van der Waals surface area contributed by atoms with Gasteiger partial charge in [0.25, 0.3) is 0 Å². The van der Waals surface area contributed by atoms with Crippen LogP contribution in [0.4, 0.5) is 15.9 Å². The number of rotatable bonds is 4. The third kappa shape index (κ3) is 3.10. The van der Waals surface area contributed by atoms with E-state index in [4.69, 9.17) is 5.26 Å². The van der Waals surface area contributed by atoms with Crippen molar-refractivity contribution in [2.45, 2.75) is 6.54 Å². The molecule has 0 spiro atoms. The molecular formula is C20H14FN5. The SMILES string of the molecule is N#Cc1cccc(Nc2cc3c(cn2)cnn3Cc2ccccc2F)c1. The molecule has 126 valence electrons. The number of hydrogen-bond donors (Lipinski definition) is 1. The molecule has 4 rings (SSSR count). The lowest BCUT2D eigenvalue weighted by molar-refractivity contribution is 0.590. The first-order chi connectivity index (χ1) is 12.7. The molecule has 0 saturated carbocycles. The van der Waals surface area contributed by atoms with Gasteiger partial charge in [-0.05, 0) is 24.3 Å². The molecule has 26 heavy (non-hydrogen) atoms. The lowest BCUT2D eigenvalue weighted by Crippen LogP contribution is -2.04. The van der Waals surface area contributed by atoms with Crippen molar-refractivity contribution in [3.8, 4) is 6.07 Å². The summed E-state index contributed by atoms with van der Waals surface area (Å²) in [5.74, 6) is 0.375. The van der Waals surface area contributed by atoms with Crippen molar-refractivity contribution in [1.82, 2.24) is 14.8 Å². The Morgan fingerprint density at radius 3 is 2.81 bits per heavy atom. The van der Waals surface area contributed by atoms with Crippen LogP contribution in [0.3, 0.4) is 0 Å². The molecule has 6 heteroatoms. The number of pyridine rings is 1. The highest BCUT2D eigenvalue weighted by Gasteiger charge is 2.08. The predicted molar refractivity (Wildman–Crippen MR) is 97.5 cm³/mol. The quantitative estimate of drug-likeness (QED) is 0.602. The Morgan fingerprint density at radius 2 is 1.96 bits per heavy atom. The van der Waals surface area contributed by atoms with Crippen LogP contribution < -0.4 is 5.32 Å². The zero-order valence-corrected chi connectivity index (χ0v) is 13.7. The summed E-state index contributed by atoms with van der Waals surface area (Å²) in [4.78, 5) is 4.37. The van der Waals surface area contributed by atoms with Crippen molar-refractivity contribution in [2.75, 3.05) is 5.32 Å². The van der Waals surface area contributed by atoms with E-state index in [0.29, 0.717) is 23.5 Å². The molecule has 0 aliphatic heterocycles. The smallest absolute Gasteiger partial charge is 0.132 e. The molecule has 2 aromatic heterocycles. The van der Waals surface area contributed by atoms with Crippen LogP contribution in [0, 0.1) is 17.1 Å². The number of anilines is 2. The summed E-state index contributed by atoms with van der Waals surface area (Å²) in [6.45, 7) is 0.337.